The van der Waals surface area contributed by atoms with Crippen molar-refractivity contribution in [2.24, 2.45) is 0 Å². The monoisotopic (exact) mass is 461 g/mol. The van der Waals surface area contributed by atoms with Crippen LogP contribution < -0.4 is 14.8 Å². The largest absolute Gasteiger partial charge is 0.489 e. The van der Waals surface area contributed by atoms with Crippen LogP contribution in [0.2, 0.25) is 0 Å². The summed E-state index contributed by atoms with van der Waals surface area (Å²) >= 11 is 0. The van der Waals surface area contributed by atoms with E-state index in [1.165, 1.54) is 7.11 Å². The first-order valence-electron chi connectivity index (χ1n) is 11.3. The van der Waals surface area contributed by atoms with Crippen LogP contribution in [0.25, 0.3) is 0 Å². The maximum absolute atomic E-state index is 12.5. The smallest absolute Gasteiger partial charge is 0.328 e. The fourth-order valence-electron chi connectivity index (χ4n) is 3.54. The summed E-state index contributed by atoms with van der Waals surface area (Å²) in [6.07, 6.45) is 0.202. The number of hydrogen-bond donors (Lipinski definition) is 1. The number of nitrogens with one attached hydrogen (secondary N) is 1. The molecule has 0 bridgehead atoms. The van der Waals surface area contributed by atoms with E-state index in [4.69, 9.17) is 9.47 Å². The molecule has 178 valence electrons. The topological polar surface area (TPSA) is 73.9 Å². The van der Waals surface area contributed by atoms with Crippen molar-refractivity contribution in [1.29, 1.82) is 0 Å². The molecule has 1 amide bonds. The van der Waals surface area contributed by atoms with Gasteiger partial charge in [0.2, 0.25) is 5.91 Å². The van der Waals surface area contributed by atoms with Gasteiger partial charge >= 0.3 is 5.97 Å². The molecule has 34 heavy (non-hydrogen) atoms. The number of carbonyl (C=O) groups is 2. The van der Waals surface area contributed by atoms with Crippen molar-refractivity contribution < 1.29 is 23.8 Å². The van der Waals surface area contributed by atoms with Gasteiger partial charge in [0.1, 0.15) is 30.8 Å². The molecular formula is C28H31NO5. The average Bonchev–Trinajstić information content (AvgIpc) is 2.86. The molecule has 2 unspecified atom stereocenters. The summed E-state index contributed by atoms with van der Waals surface area (Å²) in [5.74, 6) is 0.498. The van der Waals surface area contributed by atoms with E-state index in [2.05, 4.69) is 10.1 Å². The van der Waals surface area contributed by atoms with E-state index >= 15 is 0 Å². The quantitative estimate of drug-likeness (QED) is 0.406. The second-order valence-electron chi connectivity index (χ2n) is 8.17. The highest BCUT2D eigenvalue weighted by Gasteiger charge is 2.20. The molecule has 0 fully saturated rings. The van der Waals surface area contributed by atoms with E-state index in [0.717, 1.165) is 16.7 Å². The number of rotatable bonds is 11. The van der Waals surface area contributed by atoms with Gasteiger partial charge in [0.05, 0.1) is 7.11 Å². The fourth-order valence-corrected chi connectivity index (χ4v) is 3.54. The zero-order chi connectivity index (χ0) is 24.3. The highest BCUT2D eigenvalue weighted by Crippen LogP contribution is 2.33. The van der Waals surface area contributed by atoms with Crippen molar-refractivity contribution in [1.82, 2.24) is 5.32 Å². The van der Waals surface area contributed by atoms with E-state index in [9.17, 15) is 9.59 Å². The van der Waals surface area contributed by atoms with Crippen LogP contribution >= 0.6 is 0 Å². The number of hydrogen-bond acceptors (Lipinski definition) is 5. The van der Waals surface area contributed by atoms with Gasteiger partial charge in [-0.05, 0) is 35.6 Å². The highest BCUT2D eigenvalue weighted by molar-refractivity contribution is 5.84. The molecule has 3 aromatic rings. The van der Waals surface area contributed by atoms with Crippen LogP contribution in [-0.4, -0.2) is 25.0 Å². The highest BCUT2D eigenvalue weighted by atomic mass is 16.5. The summed E-state index contributed by atoms with van der Waals surface area (Å²) in [7, 11) is 1.30. The van der Waals surface area contributed by atoms with Crippen LogP contribution in [0.1, 0.15) is 42.9 Å². The third-order valence-electron chi connectivity index (χ3n) is 5.43. The van der Waals surface area contributed by atoms with Gasteiger partial charge in [-0.2, -0.15) is 0 Å². The molecule has 3 rings (SSSR count). The minimum Gasteiger partial charge on any atom is -0.489 e. The van der Waals surface area contributed by atoms with Crippen LogP contribution in [0.5, 0.6) is 11.5 Å². The van der Waals surface area contributed by atoms with Gasteiger partial charge in [0.25, 0.3) is 0 Å². The molecule has 0 aromatic heterocycles. The molecule has 6 heteroatoms. The lowest BCUT2D eigenvalue weighted by Gasteiger charge is -2.19. The Bertz CT molecular complexity index is 1070. The zero-order valence-corrected chi connectivity index (χ0v) is 19.8. The van der Waals surface area contributed by atoms with Crippen molar-refractivity contribution in [2.45, 2.75) is 45.4 Å². The maximum atomic E-state index is 12.5. The SMILES string of the molecule is COC(=O)C(C)NC(=O)CC(C)c1ccc(OCc2ccccc2)cc1OCc1ccccc1. The van der Waals surface area contributed by atoms with Crippen LogP contribution in [-0.2, 0) is 27.5 Å². The minimum atomic E-state index is -0.702. The molecule has 0 spiro atoms. The van der Waals surface area contributed by atoms with Gasteiger partial charge in [-0.1, -0.05) is 73.7 Å². The second kappa shape index (κ2) is 12.4. The number of methoxy groups -OCH3 is 1. The lowest BCUT2D eigenvalue weighted by Crippen LogP contribution is -2.39. The summed E-state index contributed by atoms with van der Waals surface area (Å²) in [5.41, 5.74) is 3.01. The molecule has 0 saturated carbocycles. The number of carbonyl (C=O) groups excluding carboxylic acids is 2. The normalized spacial score (nSPS) is 12.3. The molecule has 0 radical (unpaired) electrons. The molecular weight excluding hydrogens is 430 g/mol. The van der Waals surface area contributed by atoms with Gasteiger partial charge < -0.3 is 19.5 Å². The number of amides is 1. The first-order chi connectivity index (χ1) is 16.5. The van der Waals surface area contributed by atoms with E-state index in [0.29, 0.717) is 24.7 Å². The lowest BCUT2D eigenvalue weighted by molar-refractivity contribution is -0.144. The molecule has 0 saturated heterocycles. The molecule has 0 heterocycles. The van der Waals surface area contributed by atoms with Crippen molar-refractivity contribution in [3.8, 4) is 11.5 Å². The Morgan fingerprint density at radius 3 is 2.00 bits per heavy atom. The molecule has 2 atom stereocenters. The Morgan fingerprint density at radius 1 is 0.824 bits per heavy atom. The summed E-state index contributed by atoms with van der Waals surface area (Å²) < 4.78 is 16.8. The van der Waals surface area contributed by atoms with E-state index in [-0.39, 0.29) is 18.2 Å². The van der Waals surface area contributed by atoms with Crippen LogP contribution in [0.15, 0.2) is 78.9 Å². The summed E-state index contributed by atoms with van der Waals surface area (Å²) in [6, 6.07) is 24.8. The van der Waals surface area contributed by atoms with Crippen LogP contribution in [0, 0.1) is 0 Å². The molecule has 0 aliphatic heterocycles. The summed E-state index contributed by atoms with van der Waals surface area (Å²) in [6.45, 7) is 4.40. The van der Waals surface area contributed by atoms with Gasteiger partial charge in [-0.3, -0.25) is 4.79 Å². The first-order valence-corrected chi connectivity index (χ1v) is 11.3. The zero-order valence-electron chi connectivity index (χ0n) is 19.8. The lowest BCUT2D eigenvalue weighted by atomic mass is 9.96. The Balaban J connectivity index is 1.73. The Hall–Kier alpha value is -3.80. The third-order valence-corrected chi connectivity index (χ3v) is 5.43. The van der Waals surface area contributed by atoms with Gasteiger partial charge in [0, 0.05) is 12.5 Å². The first kappa shape index (κ1) is 24.8. The second-order valence-corrected chi connectivity index (χ2v) is 8.17. The molecule has 1 N–H and O–H groups in total. The van der Waals surface area contributed by atoms with Gasteiger partial charge in [0.15, 0.2) is 0 Å². The molecule has 0 aliphatic rings. The number of ether oxygens (including phenoxy) is 3. The van der Waals surface area contributed by atoms with E-state index in [1.807, 2.05) is 85.8 Å². The number of esters is 1. The van der Waals surface area contributed by atoms with E-state index < -0.39 is 12.0 Å². The van der Waals surface area contributed by atoms with Gasteiger partial charge in [-0.15, -0.1) is 0 Å². The standard InChI is InChI=1S/C28H31NO5/c1-20(16-27(30)29-21(2)28(31)32-3)25-15-14-24(33-18-22-10-6-4-7-11-22)17-26(25)34-19-23-12-8-5-9-13-23/h4-15,17,20-21H,16,18-19H2,1-3H3,(H,29,30). The van der Waals surface area contributed by atoms with E-state index in [1.54, 1.807) is 6.92 Å². The number of benzene rings is 3. The fraction of sp³-hybridized carbons (Fsp3) is 0.286. The van der Waals surface area contributed by atoms with Crippen molar-refractivity contribution in [2.75, 3.05) is 7.11 Å². The molecule has 3 aromatic carbocycles. The van der Waals surface area contributed by atoms with Crippen LogP contribution in [0.3, 0.4) is 0 Å². The van der Waals surface area contributed by atoms with Crippen LogP contribution in [0.4, 0.5) is 0 Å². The average molecular weight is 462 g/mol. The van der Waals surface area contributed by atoms with Crippen molar-refractivity contribution >= 4 is 11.9 Å². The Morgan fingerprint density at radius 2 is 1.41 bits per heavy atom. The molecule has 0 aliphatic carbocycles. The maximum Gasteiger partial charge on any atom is 0.328 e. The van der Waals surface area contributed by atoms with Crippen molar-refractivity contribution in [3.63, 3.8) is 0 Å². The summed E-state index contributed by atoms with van der Waals surface area (Å²) in [5, 5.41) is 2.68. The predicted molar refractivity (Wildman–Crippen MR) is 131 cm³/mol. The molecule has 6 nitrogen and oxygen atoms in total. The summed E-state index contributed by atoms with van der Waals surface area (Å²) in [4.78, 5) is 24.1. The van der Waals surface area contributed by atoms with Crippen molar-refractivity contribution in [3.05, 3.63) is 95.6 Å². The predicted octanol–water partition coefficient (Wildman–Crippen LogP) is 5.02. The van der Waals surface area contributed by atoms with Gasteiger partial charge in [-0.25, -0.2) is 4.79 Å². The third kappa shape index (κ3) is 7.37. The Kier molecular flexibility index (Phi) is 9.09. The minimum absolute atomic E-state index is 0.140. The Labute approximate surface area is 200 Å².